The molecule has 4 rings (SSSR count). The van der Waals surface area contributed by atoms with Gasteiger partial charge in [-0.2, -0.15) is 4.98 Å². The number of aliphatic imine (C=N–C) groups is 1. The number of dihydropyridines is 1. The van der Waals surface area contributed by atoms with E-state index >= 15 is 0 Å². The van der Waals surface area contributed by atoms with Gasteiger partial charge in [-0.15, -0.1) is 0 Å². The van der Waals surface area contributed by atoms with Crippen LogP contribution in [0.1, 0.15) is 71.5 Å². The fourth-order valence-electron chi connectivity index (χ4n) is 5.19. The summed E-state index contributed by atoms with van der Waals surface area (Å²) in [6.07, 6.45) is 8.58. The summed E-state index contributed by atoms with van der Waals surface area (Å²) < 4.78 is 17.4. The largest absolute Gasteiger partial charge is 0.446 e. The van der Waals surface area contributed by atoms with Crippen LogP contribution in [0.5, 0.6) is 0 Å². The van der Waals surface area contributed by atoms with Crippen molar-refractivity contribution in [2.24, 2.45) is 28.7 Å². The van der Waals surface area contributed by atoms with Gasteiger partial charge in [0.15, 0.2) is 5.82 Å². The van der Waals surface area contributed by atoms with Gasteiger partial charge in [-0.25, -0.2) is 4.79 Å². The van der Waals surface area contributed by atoms with Crippen LogP contribution in [0, 0.1) is 23.7 Å². The zero-order valence-corrected chi connectivity index (χ0v) is 20.4. The molecule has 2 fully saturated rings. The van der Waals surface area contributed by atoms with Crippen LogP contribution < -0.4 is 0 Å². The predicted molar refractivity (Wildman–Crippen MR) is 126 cm³/mol. The molecule has 2 unspecified atom stereocenters. The Labute approximate surface area is 196 Å². The fraction of sp³-hybridized carbons (Fsp3) is 0.760. The van der Waals surface area contributed by atoms with Gasteiger partial charge in [-0.1, -0.05) is 39.3 Å². The summed E-state index contributed by atoms with van der Waals surface area (Å²) in [5.41, 5.74) is 1.04. The van der Waals surface area contributed by atoms with Crippen molar-refractivity contribution in [1.29, 1.82) is 0 Å². The molecule has 3 heterocycles. The Balaban J connectivity index is 1.22. The van der Waals surface area contributed by atoms with Gasteiger partial charge in [0.1, 0.15) is 12.7 Å². The second-order valence-electron chi connectivity index (χ2n) is 10.3. The van der Waals surface area contributed by atoms with Gasteiger partial charge in [0, 0.05) is 37.3 Å². The summed E-state index contributed by atoms with van der Waals surface area (Å²) in [6.45, 7) is 11.2. The molecular formula is C25H38N4O4. The number of carbonyl (C=O) groups is 1. The van der Waals surface area contributed by atoms with Gasteiger partial charge < -0.3 is 18.9 Å². The van der Waals surface area contributed by atoms with Crippen molar-refractivity contribution < 1.29 is 18.8 Å². The fourth-order valence-corrected chi connectivity index (χ4v) is 5.19. The second kappa shape index (κ2) is 10.8. The minimum Gasteiger partial charge on any atom is -0.446 e. The van der Waals surface area contributed by atoms with Gasteiger partial charge in [-0.05, 0) is 49.5 Å². The molecule has 182 valence electrons. The van der Waals surface area contributed by atoms with Crippen LogP contribution in [0.15, 0.2) is 15.6 Å². The van der Waals surface area contributed by atoms with Crippen LogP contribution in [0.4, 0.5) is 4.79 Å². The smallest absolute Gasteiger partial charge is 0.410 e. The summed E-state index contributed by atoms with van der Waals surface area (Å²) in [6, 6.07) is 0. The van der Waals surface area contributed by atoms with E-state index in [1.165, 1.54) is 6.42 Å². The standard InChI is InChI=1S/C25H38N4O4/c1-16(2)20-6-5-17(3)13-22(20)32-25(30)29-11-8-19(9-12-29)31-15-23-27-24(28-33-23)21-7-10-26-14-18(21)4/h7,10,16-20,22H,5-6,8-9,11-15H2,1-4H3/t17-,18?,20?,22-/m0/s1. The summed E-state index contributed by atoms with van der Waals surface area (Å²) in [4.78, 5) is 23.4. The average Bonchev–Trinajstić information content (AvgIpc) is 3.27. The number of likely N-dealkylation sites (tertiary alicyclic amines) is 1. The summed E-state index contributed by atoms with van der Waals surface area (Å²) in [7, 11) is 0. The van der Waals surface area contributed by atoms with E-state index in [9.17, 15) is 4.79 Å². The first-order valence-electron chi connectivity index (χ1n) is 12.5. The Hall–Kier alpha value is -2.22. The van der Waals surface area contributed by atoms with Crippen LogP contribution in [0.25, 0.3) is 5.57 Å². The number of hydrogen-bond acceptors (Lipinski definition) is 7. The minimum absolute atomic E-state index is 0.0372. The first-order valence-corrected chi connectivity index (χ1v) is 12.5. The van der Waals surface area contributed by atoms with Gasteiger partial charge in [0.2, 0.25) is 0 Å². The van der Waals surface area contributed by atoms with E-state index in [4.69, 9.17) is 14.0 Å². The van der Waals surface area contributed by atoms with Crippen LogP contribution in [-0.2, 0) is 16.1 Å². The van der Waals surface area contributed by atoms with Crippen molar-refractivity contribution in [3.8, 4) is 0 Å². The molecule has 0 bridgehead atoms. The highest BCUT2D eigenvalue weighted by Gasteiger charge is 2.35. The van der Waals surface area contributed by atoms with Crippen molar-refractivity contribution >= 4 is 17.9 Å². The molecule has 3 aliphatic rings. The van der Waals surface area contributed by atoms with E-state index in [1.807, 2.05) is 11.0 Å². The number of hydrogen-bond donors (Lipinski definition) is 0. The topological polar surface area (TPSA) is 90.1 Å². The van der Waals surface area contributed by atoms with E-state index in [2.05, 4.69) is 42.8 Å². The van der Waals surface area contributed by atoms with Crippen molar-refractivity contribution in [3.05, 3.63) is 17.8 Å². The van der Waals surface area contributed by atoms with Crippen molar-refractivity contribution in [1.82, 2.24) is 15.0 Å². The molecule has 1 aliphatic carbocycles. The third-order valence-electron chi connectivity index (χ3n) is 7.35. The molecule has 0 spiro atoms. The summed E-state index contributed by atoms with van der Waals surface area (Å²) in [5, 5.41) is 4.10. The Kier molecular flexibility index (Phi) is 7.83. The lowest BCUT2D eigenvalue weighted by atomic mass is 9.75. The molecule has 8 heteroatoms. The highest BCUT2D eigenvalue weighted by Crippen LogP contribution is 2.35. The molecule has 8 nitrogen and oxygen atoms in total. The zero-order chi connectivity index (χ0) is 23.4. The van der Waals surface area contributed by atoms with Crippen molar-refractivity contribution in [2.75, 3.05) is 19.6 Å². The summed E-state index contributed by atoms with van der Waals surface area (Å²) in [5.74, 6) is 2.98. The molecule has 1 aromatic rings. The number of aromatic nitrogens is 2. The van der Waals surface area contributed by atoms with Gasteiger partial charge in [0.05, 0.1) is 6.10 Å². The highest BCUT2D eigenvalue weighted by molar-refractivity contribution is 5.85. The van der Waals surface area contributed by atoms with Crippen LogP contribution in [-0.4, -0.2) is 59.2 Å². The number of amides is 1. The Morgan fingerprint density at radius 1 is 1.21 bits per heavy atom. The van der Waals surface area contributed by atoms with E-state index in [-0.39, 0.29) is 30.8 Å². The predicted octanol–water partition coefficient (Wildman–Crippen LogP) is 4.75. The highest BCUT2D eigenvalue weighted by atomic mass is 16.6. The molecule has 0 radical (unpaired) electrons. The number of carbonyl (C=O) groups excluding carboxylic acids is 1. The van der Waals surface area contributed by atoms with E-state index < -0.39 is 0 Å². The van der Waals surface area contributed by atoms with Gasteiger partial charge in [-0.3, -0.25) is 4.99 Å². The second-order valence-corrected chi connectivity index (χ2v) is 10.3. The first-order chi connectivity index (χ1) is 15.9. The molecule has 0 N–H and O–H groups in total. The monoisotopic (exact) mass is 458 g/mol. The molecule has 1 saturated heterocycles. The number of rotatable bonds is 6. The molecule has 4 atom stereocenters. The lowest BCUT2D eigenvalue weighted by molar-refractivity contribution is -0.0332. The molecule has 1 aromatic heterocycles. The number of ether oxygens (including phenoxy) is 2. The van der Waals surface area contributed by atoms with Gasteiger partial charge >= 0.3 is 6.09 Å². The Bertz CT molecular complexity index is 856. The van der Waals surface area contributed by atoms with Crippen molar-refractivity contribution in [3.63, 3.8) is 0 Å². The maximum atomic E-state index is 12.8. The van der Waals surface area contributed by atoms with Crippen LogP contribution >= 0.6 is 0 Å². The molecule has 1 amide bonds. The average molecular weight is 459 g/mol. The Morgan fingerprint density at radius 3 is 2.73 bits per heavy atom. The van der Waals surface area contributed by atoms with Crippen molar-refractivity contribution in [2.45, 2.75) is 78.6 Å². The van der Waals surface area contributed by atoms with E-state index in [1.54, 1.807) is 6.21 Å². The maximum Gasteiger partial charge on any atom is 0.410 e. The molecular weight excluding hydrogens is 420 g/mol. The molecule has 2 aliphatic heterocycles. The SMILES string of the molecule is CC1CN=CC=C1c1noc(COC2CCN(C(=O)O[C@H]3C[C@@H](C)CCC3C(C)C)CC2)n1. The maximum absolute atomic E-state index is 12.8. The Morgan fingerprint density at radius 2 is 2.00 bits per heavy atom. The number of piperidine rings is 1. The zero-order valence-electron chi connectivity index (χ0n) is 20.4. The number of nitrogens with zero attached hydrogens (tertiary/aromatic N) is 4. The van der Waals surface area contributed by atoms with Crippen LogP contribution in [0.3, 0.4) is 0 Å². The lowest BCUT2D eigenvalue weighted by Gasteiger charge is -2.38. The van der Waals surface area contributed by atoms with E-state index in [0.29, 0.717) is 42.6 Å². The van der Waals surface area contributed by atoms with E-state index in [0.717, 1.165) is 37.8 Å². The minimum atomic E-state index is -0.168. The van der Waals surface area contributed by atoms with Gasteiger partial charge in [0.25, 0.3) is 5.89 Å². The lowest BCUT2D eigenvalue weighted by Crippen LogP contribution is -2.44. The molecule has 1 saturated carbocycles. The quantitative estimate of drug-likeness (QED) is 0.611. The molecule has 0 aromatic carbocycles. The third-order valence-corrected chi connectivity index (χ3v) is 7.35. The molecule has 33 heavy (non-hydrogen) atoms. The first kappa shape index (κ1) is 23.9. The van der Waals surface area contributed by atoms with Crippen LogP contribution in [0.2, 0.25) is 0 Å². The number of allylic oxidation sites excluding steroid dienone is 1. The normalized spacial score (nSPS) is 28.8. The summed E-state index contributed by atoms with van der Waals surface area (Å²) >= 11 is 0. The third kappa shape index (κ3) is 6.02.